The molecule has 0 radical (unpaired) electrons. The van der Waals surface area contributed by atoms with Crippen LogP contribution in [0.1, 0.15) is 49.0 Å². The van der Waals surface area contributed by atoms with Gasteiger partial charge in [0.15, 0.2) is 0 Å². The van der Waals surface area contributed by atoms with Crippen molar-refractivity contribution in [2.45, 2.75) is 39.5 Å². The van der Waals surface area contributed by atoms with Gasteiger partial charge in [-0.25, -0.2) is 4.79 Å². The van der Waals surface area contributed by atoms with E-state index in [0.29, 0.717) is 30.9 Å². The fourth-order valence-electron chi connectivity index (χ4n) is 2.79. The zero-order valence-electron chi connectivity index (χ0n) is 12.1. The molecule has 1 aromatic carbocycles. The molecule has 2 rings (SSSR count). The maximum absolute atomic E-state index is 12.1. The number of carbonyl (C=O) groups excluding carboxylic acids is 1. The number of aromatic carboxylic acids is 1. The zero-order valence-corrected chi connectivity index (χ0v) is 12.1. The molecule has 1 heterocycles. The molecular formula is C16H21NO3. The van der Waals surface area contributed by atoms with E-state index in [1.54, 1.807) is 18.2 Å². The Kier molecular flexibility index (Phi) is 4.42. The Morgan fingerprint density at radius 2 is 2.15 bits per heavy atom. The Labute approximate surface area is 119 Å². The lowest BCUT2D eigenvalue weighted by molar-refractivity contribution is -0.119. The Bertz CT molecular complexity index is 524. The number of nitrogens with zero attached hydrogens (tertiary/aromatic N) is 1. The van der Waals surface area contributed by atoms with Gasteiger partial charge in [-0.15, -0.1) is 0 Å². The van der Waals surface area contributed by atoms with E-state index in [9.17, 15) is 9.59 Å². The standard InChI is InChI=1S/C16H21NO3/c1-3-4-11(2)10-17-14-7-5-13(16(19)20)9-12(14)6-8-15(17)18/h5,7,9,11H,3-4,6,8,10H2,1-2H3,(H,19,20). The Morgan fingerprint density at radius 1 is 1.40 bits per heavy atom. The number of anilines is 1. The summed E-state index contributed by atoms with van der Waals surface area (Å²) in [7, 11) is 0. The molecule has 0 aromatic heterocycles. The Morgan fingerprint density at radius 3 is 2.80 bits per heavy atom. The summed E-state index contributed by atoms with van der Waals surface area (Å²) in [6.07, 6.45) is 3.29. The van der Waals surface area contributed by atoms with Crippen LogP contribution in [0.15, 0.2) is 18.2 Å². The van der Waals surface area contributed by atoms with Crippen LogP contribution in [0.2, 0.25) is 0 Å². The fourth-order valence-corrected chi connectivity index (χ4v) is 2.79. The molecule has 0 saturated heterocycles. The van der Waals surface area contributed by atoms with Gasteiger partial charge in [-0.3, -0.25) is 4.79 Å². The van der Waals surface area contributed by atoms with E-state index in [1.807, 2.05) is 4.90 Å². The van der Waals surface area contributed by atoms with Crippen molar-refractivity contribution in [3.63, 3.8) is 0 Å². The first-order valence-corrected chi connectivity index (χ1v) is 7.19. The molecule has 0 aliphatic carbocycles. The highest BCUT2D eigenvalue weighted by molar-refractivity contribution is 5.97. The van der Waals surface area contributed by atoms with Crippen molar-refractivity contribution in [2.24, 2.45) is 5.92 Å². The molecule has 108 valence electrons. The first kappa shape index (κ1) is 14.6. The van der Waals surface area contributed by atoms with Crippen LogP contribution in [0.25, 0.3) is 0 Å². The van der Waals surface area contributed by atoms with Crippen LogP contribution in [0.4, 0.5) is 5.69 Å². The van der Waals surface area contributed by atoms with Crippen LogP contribution in [-0.2, 0) is 11.2 Å². The number of carbonyl (C=O) groups is 2. The highest BCUT2D eigenvalue weighted by atomic mass is 16.4. The largest absolute Gasteiger partial charge is 0.478 e. The van der Waals surface area contributed by atoms with Crippen LogP contribution < -0.4 is 4.90 Å². The lowest BCUT2D eigenvalue weighted by atomic mass is 9.96. The normalized spacial score (nSPS) is 15.9. The molecule has 1 N–H and O–H groups in total. The molecular weight excluding hydrogens is 254 g/mol. The van der Waals surface area contributed by atoms with E-state index in [4.69, 9.17) is 5.11 Å². The molecule has 0 fully saturated rings. The molecule has 4 heteroatoms. The van der Waals surface area contributed by atoms with Gasteiger partial charge in [0.05, 0.1) is 5.56 Å². The highest BCUT2D eigenvalue weighted by Gasteiger charge is 2.25. The number of hydrogen-bond acceptors (Lipinski definition) is 2. The summed E-state index contributed by atoms with van der Waals surface area (Å²) >= 11 is 0. The lowest BCUT2D eigenvalue weighted by Gasteiger charge is -2.31. The highest BCUT2D eigenvalue weighted by Crippen LogP contribution is 2.30. The monoisotopic (exact) mass is 275 g/mol. The second kappa shape index (κ2) is 6.07. The lowest BCUT2D eigenvalue weighted by Crippen LogP contribution is -2.38. The Hall–Kier alpha value is -1.84. The van der Waals surface area contributed by atoms with Crippen molar-refractivity contribution in [2.75, 3.05) is 11.4 Å². The predicted molar refractivity (Wildman–Crippen MR) is 78.1 cm³/mol. The van der Waals surface area contributed by atoms with Gasteiger partial charge in [0.25, 0.3) is 0 Å². The van der Waals surface area contributed by atoms with E-state index in [2.05, 4.69) is 13.8 Å². The zero-order chi connectivity index (χ0) is 14.7. The third kappa shape index (κ3) is 3.00. The molecule has 1 aliphatic rings. The molecule has 1 aliphatic heterocycles. The van der Waals surface area contributed by atoms with Gasteiger partial charge in [0.1, 0.15) is 0 Å². The molecule has 0 bridgehead atoms. The van der Waals surface area contributed by atoms with Crippen LogP contribution in [0, 0.1) is 5.92 Å². The van der Waals surface area contributed by atoms with Crippen molar-refractivity contribution in [3.8, 4) is 0 Å². The fraction of sp³-hybridized carbons (Fsp3) is 0.500. The molecule has 4 nitrogen and oxygen atoms in total. The molecule has 20 heavy (non-hydrogen) atoms. The molecule has 1 aromatic rings. The average Bonchev–Trinajstić information content (AvgIpc) is 2.41. The quantitative estimate of drug-likeness (QED) is 0.898. The van der Waals surface area contributed by atoms with Crippen molar-refractivity contribution in [1.29, 1.82) is 0 Å². The average molecular weight is 275 g/mol. The molecule has 1 amide bonds. The number of rotatable bonds is 5. The van der Waals surface area contributed by atoms with Gasteiger partial charge in [-0.1, -0.05) is 20.3 Å². The number of carboxylic acid groups (broad SMARTS) is 1. The second-order valence-electron chi connectivity index (χ2n) is 5.55. The summed E-state index contributed by atoms with van der Waals surface area (Å²) in [5, 5.41) is 9.04. The molecule has 0 saturated carbocycles. The predicted octanol–water partition coefficient (Wildman–Crippen LogP) is 3.10. The topological polar surface area (TPSA) is 57.6 Å². The van der Waals surface area contributed by atoms with E-state index >= 15 is 0 Å². The summed E-state index contributed by atoms with van der Waals surface area (Å²) in [6.45, 7) is 5.00. The first-order valence-electron chi connectivity index (χ1n) is 7.19. The van der Waals surface area contributed by atoms with Gasteiger partial charge >= 0.3 is 5.97 Å². The van der Waals surface area contributed by atoms with Crippen molar-refractivity contribution in [3.05, 3.63) is 29.3 Å². The van der Waals surface area contributed by atoms with Gasteiger partial charge in [-0.05, 0) is 42.5 Å². The van der Waals surface area contributed by atoms with E-state index in [-0.39, 0.29) is 5.91 Å². The summed E-state index contributed by atoms with van der Waals surface area (Å²) in [6, 6.07) is 5.05. The first-order chi connectivity index (χ1) is 9.52. The summed E-state index contributed by atoms with van der Waals surface area (Å²) in [5.41, 5.74) is 2.14. The third-order valence-corrected chi connectivity index (χ3v) is 3.80. The van der Waals surface area contributed by atoms with Crippen LogP contribution in [-0.4, -0.2) is 23.5 Å². The minimum atomic E-state index is -0.921. The van der Waals surface area contributed by atoms with E-state index < -0.39 is 5.97 Å². The third-order valence-electron chi connectivity index (χ3n) is 3.80. The van der Waals surface area contributed by atoms with Crippen LogP contribution in [0.3, 0.4) is 0 Å². The van der Waals surface area contributed by atoms with Crippen molar-refractivity contribution >= 4 is 17.6 Å². The molecule has 0 spiro atoms. The molecule has 1 atom stereocenters. The summed E-state index contributed by atoms with van der Waals surface area (Å²) in [5.74, 6) is -0.326. The van der Waals surface area contributed by atoms with Gasteiger partial charge in [0, 0.05) is 18.7 Å². The van der Waals surface area contributed by atoms with E-state index in [1.165, 1.54) is 0 Å². The summed E-state index contributed by atoms with van der Waals surface area (Å²) < 4.78 is 0. The second-order valence-corrected chi connectivity index (χ2v) is 5.55. The number of fused-ring (bicyclic) bond motifs is 1. The van der Waals surface area contributed by atoms with Crippen LogP contribution in [0.5, 0.6) is 0 Å². The van der Waals surface area contributed by atoms with Gasteiger partial charge in [-0.2, -0.15) is 0 Å². The smallest absolute Gasteiger partial charge is 0.335 e. The SMILES string of the molecule is CCCC(C)CN1C(=O)CCc2cc(C(=O)O)ccc21. The maximum Gasteiger partial charge on any atom is 0.335 e. The number of hydrogen-bond donors (Lipinski definition) is 1. The van der Waals surface area contributed by atoms with Crippen LogP contribution >= 0.6 is 0 Å². The van der Waals surface area contributed by atoms with Crippen molar-refractivity contribution in [1.82, 2.24) is 0 Å². The Balaban J connectivity index is 2.27. The minimum absolute atomic E-state index is 0.142. The molecule has 1 unspecified atom stereocenters. The van der Waals surface area contributed by atoms with Gasteiger partial charge < -0.3 is 10.0 Å². The number of benzene rings is 1. The summed E-state index contributed by atoms with van der Waals surface area (Å²) in [4.78, 5) is 25.0. The maximum atomic E-state index is 12.1. The number of amides is 1. The number of carboxylic acids is 1. The minimum Gasteiger partial charge on any atom is -0.478 e. The van der Waals surface area contributed by atoms with Gasteiger partial charge in [0.2, 0.25) is 5.91 Å². The van der Waals surface area contributed by atoms with E-state index in [0.717, 1.165) is 24.1 Å². The number of aryl methyl sites for hydroxylation is 1. The van der Waals surface area contributed by atoms with Crippen molar-refractivity contribution < 1.29 is 14.7 Å².